The first-order valence-corrected chi connectivity index (χ1v) is 11.3. The fraction of sp³-hybridized carbons (Fsp3) is 0.733. The summed E-state index contributed by atoms with van der Waals surface area (Å²) >= 11 is 3.47. The van der Waals surface area contributed by atoms with E-state index in [4.69, 9.17) is 4.43 Å². The molecule has 2 heterocycles. The second-order valence-electron chi connectivity index (χ2n) is 7.62. The number of aryl methyl sites for hydroxylation is 1. The molecule has 1 aromatic rings. The van der Waals surface area contributed by atoms with Crippen molar-refractivity contribution in [3.63, 3.8) is 0 Å². The van der Waals surface area contributed by atoms with Gasteiger partial charge in [0.15, 0.2) is 14.1 Å². The van der Waals surface area contributed by atoms with Crippen LogP contribution in [0.15, 0.2) is 10.7 Å². The van der Waals surface area contributed by atoms with E-state index in [1.165, 1.54) is 0 Å². The summed E-state index contributed by atoms with van der Waals surface area (Å²) in [5.74, 6) is 1.08. The van der Waals surface area contributed by atoms with Gasteiger partial charge in [-0.15, -0.1) is 0 Å². The normalized spacial score (nSPS) is 20.0. The summed E-state index contributed by atoms with van der Waals surface area (Å²) in [6.07, 6.45) is 2.40. The number of rotatable bonds is 4. The Hall–Kier alpha value is -0.663. The monoisotopic (exact) mass is 387 g/mol. The summed E-state index contributed by atoms with van der Waals surface area (Å²) in [5.41, 5.74) is 0. The standard InChI is InChI=1S/C15H26BrN3O2Si/c1-15(2,3)22(5,6)21-10-11-7-13(20)19(8-11)14-12(16)9-18(4)17-14/h9,11H,7-8,10H2,1-6H3. The third kappa shape index (κ3) is 3.63. The van der Waals surface area contributed by atoms with Crippen molar-refractivity contribution in [3.05, 3.63) is 10.7 Å². The first-order valence-electron chi connectivity index (χ1n) is 7.65. The molecule has 5 nitrogen and oxygen atoms in total. The molecule has 0 bridgehead atoms. The van der Waals surface area contributed by atoms with Gasteiger partial charge in [0.25, 0.3) is 0 Å². The lowest BCUT2D eigenvalue weighted by Crippen LogP contribution is -2.42. The lowest BCUT2D eigenvalue weighted by Gasteiger charge is -2.36. The summed E-state index contributed by atoms with van der Waals surface area (Å²) in [4.78, 5) is 14.0. The molecule has 0 radical (unpaired) electrons. The second-order valence-corrected chi connectivity index (χ2v) is 13.3. The zero-order chi connectivity index (χ0) is 16.7. The summed E-state index contributed by atoms with van der Waals surface area (Å²) < 4.78 is 8.84. The van der Waals surface area contributed by atoms with Crippen molar-refractivity contribution in [2.75, 3.05) is 18.1 Å². The molecule has 0 aromatic carbocycles. The molecule has 7 heteroatoms. The highest BCUT2D eigenvalue weighted by atomic mass is 79.9. The lowest BCUT2D eigenvalue weighted by atomic mass is 10.1. The van der Waals surface area contributed by atoms with Crippen LogP contribution in [0.2, 0.25) is 18.1 Å². The Morgan fingerprint density at radius 2 is 2.09 bits per heavy atom. The van der Waals surface area contributed by atoms with Crippen LogP contribution in [0.25, 0.3) is 0 Å². The van der Waals surface area contributed by atoms with Gasteiger partial charge in [0, 0.05) is 38.7 Å². The van der Waals surface area contributed by atoms with Crippen LogP contribution in [0.1, 0.15) is 27.2 Å². The Morgan fingerprint density at radius 1 is 1.45 bits per heavy atom. The topological polar surface area (TPSA) is 47.4 Å². The SMILES string of the molecule is Cn1cc(Br)c(N2CC(CO[Si](C)(C)C(C)(C)C)CC2=O)n1. The Morgan fingerprint density at radius 3 is 2.59 bits per heavy atom. The largest absolute Gasteiger partial charge is 0.416 e. The number of hydrogen-bond acceptors (Lipinski definition) is 3. The van der Waals surface area contributed by atoms with Gasteiger partial charge in [-0.1, -0.05) is 20.8 Å². The maximum atomic E-state index is 12.3. The third-order valence-corrected chi connectivity index (χ3v) is 9.77. The van der Waals surface area contributed by atoms with Crippen LogP contribution in [0.5, 0.6) is 0 Å². The number of nitrogens with zero attached hydrogens (tertiary/aromatic N) is 3. The quantitative estimate of drug-likeness (QED) is 0.741. The van der Waals surface area contributed by atoms with Crippen LogP contribution in [-0.2, 0) is 16.3 Å². The molecule has 1 aliphatic heterocycles. The number of amides is 1. The molecule has 124 valence electrons. The molecule has 0 saturated carbocycles. The van der Waals surface area contributed by atoms with Crippen LogP contribution in [0, 0.1) is 5.92 Å². The molecular weight excluding hydrogens is 362 g/mol. The molecule has 1 saturated heterocycles. The van der Waals surface area contributed by atoms with E-state index in [-0.39, 0.29) is 16.9 Å². The van der Waals surface area contributed by atoms with Crippen molar-refractivity contribution in [1.82, 2.24) is 9.78 Å². The first kappa shape index (κ1) is 17.7. The van der Waals surface area contributed by atoms with Crippen LogP contribution in [0.4, 0.5) is 5.82 Å². The minimum atomic E-state index is -1.76. The van der Waals surface area contributed by atoms with Gasteiger partial charge in [-0.3, -0.25) is 14.4 Å². The van der Waals surface area contributed by atoms with E-state index in [1.54, 1.807) is 9.58 Å². The maximum absolute atomic E-state index is 12.3. The number of carbonyl (C=O) groups is 1. The summed E-state index contributed by atoms with van der Waals surface area (Å²) in [6.45, 7) is 12.5. The molecular formula is C15H26BrN3O2Si. The van der Waals surface area contributed by atoms with E-state index in [1.807, 2.05) is 13.2 Å². The highest BCUT2D eigenvalue weighted by Gasteiger charge is 2.39. The van der Waals surface area contributed by atoms with Crippen LogP contribution in [0.3, 0.4) is 0 Å². The smallest absolute Gasteiger partial charge is 0.228 e. The highest BCUT2D eigenvalue weighted by molar-refractivity contribution is 9.10. The molecule has 1 fully saturated rings. The predicted octanol–water partition coefficient (Wildman–Crippen LogP) is 3.56. The van der Waals surface area contributed by atoms with Crippen molar-refractivity contribution >= 4 is 36.0 Å². The molecule has 0 spiro atoms. The molecule has 1 atom stereocenters. The molecule has 2 rings (SSSR count). The zero-order valence-corrected chi connectivity index (χ0v) is 16.9. The van der Waals surface area contributed by atoms with Gasteiger partial charge in [0.05, 0.1) is 4.47 Å². The number of aromatic nitrogens is 2. The molecule has 1 aromatic heterocycles. The van der Waals surface area contributed by atoms with Gasteiger partial charge < -0.3 is 4.43 Å². The fourth-order valence-electron chi connectivity index (χ4n) is 2.27. The van der Waals surface area contributed by atoms with Gasteiger partial charge in [-0.2, -0.15) is 5.10 Å². The van der Waals surface area contributed by atoms with E-state index < -0.39 is 8.32 Å². The van der Waals surface area contributed by atoms with Gasteiger partial charge in [-0.25, -0.2) is 0 Å². The van der Waals surface area contributed by atoms with Crippen molar-refractivity contribution in [2.45, 2.75) is 45.3 Å². The van der Waals surface area contributed by atoms with Gasteiger partial charge >= 0.3 is 0 Å². The molecule has 0 N–H and O–H groups in total. The maximum Gasteiger partial charge on any atom is 0.228 e. The molecule has 0 aliphatic carbocycles. The Labute approximate surface area is 142 Å². The third-order valence-electron chi connectivity index (χ3n) is 4.71. The van der Waals surface area contributed by atoms with E-state index in [0.717, 1.165) is 4.47 Å². The number of hydrogen-bond donors (Lipinski definition) is 0. The summed E-state index contributed by atoms with van der Waals surface area (Å²) in [5, 5.41) is 4.56. The lowest BCUT2D eigenvalue weighted by molar-refractivity contribution is -0.117. The average molecular weight is 388 g/mol. The predicted molar refractivity (Wildman–Crippen MR) is 94.5 cm³/mol. The van der Waals surface area contributed by atoms with Crippen molar-refractivity contribution in [1.29, 1.82) is 0 Å². The van der Waals surface area contributed by atoms with Gasteiger partial charge in [0.2, 0.25) is 5.91 Å². The Balaban J connectivity index is 2.00. The Kier molecular flexibility index (Phi) is 4.90. The zero-order valence-electron chi connectivity index (χ0n) is 14.3. The summed E-state index contributed by atoms with van der Waals surface area (Å²) in [6, 6.07) is 0. The van der Waals surface area contributed by atoms with E-state index in [0.29, 0.717) is 25.4 Å². The number of halogens is 1. The number of anilines is 1. The fourth-order valence-corrected chi connectivity index (χ4v) is 3.95. The van der Waals surface area contributed by atoms with Crippen molar-refractivity contribution < 1.29 is 9.22 Å². The Bertz CT molecular complexity index is 566. The highest BCUT2D eigenvalue weighted by Crippen LogP contribution is 2.37. The number of carbonyl (C=O) groups excluding carboxylic acids is 1. The summed E-state index contributed by atoms with van der Waals surface area (Å²) in [7, 11) is 0.0927. The van der Waals surface area contributed by atoms with Crippen LogP contribution >= 0.6 is 15.9 Å². The van der Waals surface area contributed by atoms with Crippen LogP contribution < -0.4 is 4.90 Å². The van der Waals surface area contributed by atoms with E-state index >= 15 is 0 Å². The van der Waals surface area contributed by atoms with E-state index in [2.05, 4.69) is 54.9 Å². The minimum absolute atomic E-state index is 0.128. The minimum Gasteiger partial charge on any atom is -0.416 e. The first-order chi connectivity index (χ1) is 10.0. The average Bonchev–Trinajstić information content (AvgIpc) is 2.88. The van der Waals surface area contributed by atoms with Gasteiger partial charge in [-0.05, 0) is 34.1 Å². The molecule has 1 aliphatic rings. The molecule has 1 amide bonds. The molecule has 22 heavy (non-hydrogen) atoms. The van der Waals surface area contributed by atoms with Gasteiger partial charge in [0.1, 0.15) is 0 Å². The second kappa shape index (κ2) is 6.09. The van der Waals surface area contributed by atoms with Crippen molar-refractivity contribution in [3.8, 4) is 0 Å². The van der Waals surface area contributed by atoms with Crippen molar-refractivity contribution in [2.24, 2.45) is 13.0 Å². The van der Waals surface area contributed by atoms with E-state index in [9.17, 15) is 4.79 Å². The molecule has 1 unspecified atom stereocenters. The van der Waals surface area contributed by atoms with Crippen LogP contribution in [-0.4, -0.2) is 37.2 Å².